The van der Waals surface area contributed by atoms with Gasteiger partial charge in [-0.15, -0.1) is 0 Å². The van der Waals surface area contributed by atoms with Crippen LogP contribution in [0.4, 0.5) is 17.1 Å². The maximum Gasteiger partial charge on any atom is 0.0466 e. The van der Waals surface area contributed by atoms with Crippen molar-refractivity contribution in [1.82, 2.24) is 4.98 Å². The van der Waals surface area contributed by atoms with E-state index in [1.807, 2.05) is 18.2 Å². The number of nitrogen functional groups attached to an aromatic ring is 1. The zero-order valence-corrected chi connectivity index (χ0v) is 11.6. The van der Waals surface area contributed by atoms with Gasteiger partial charge in [0.15, 0.2) is 0 Å². The Kier molecular flexibility index (Phi) is 3.03. The zero-order chi connectivity index (χ0) is 14.1. The van der Waals surface area contributed by atoms with Gasteiger partial charge in [-0.25, -0.2) is 0 Å². The second kappa shape index (κ2) is 4.85. The number of anilines is 3. The fraction of sp³-hybridized carbons (Fsp3) is 0.118. The third-order valence-corrected chi connectivity index (χ3v) is 3.50. The minimum atomic E-state index is 0.749. The molecule has 0 radical (unpaired) electrons. The van der Waals surface area contributed by atoms with Gasteiger partial charge in [-0.05, 0) is 43.7 Å². The van der Waals surface area contributed by atoms with Crippen LogP contribution in [0.25, 0.3) is 10.8 Å². The van der Waals surface area contributed by atoms with Gasteiger partial charge < -0.3 is 11.1 Å². The Balaban J connectivity index is 2.09. The van der Waals surface area contributed by atoms with E-state index in [9.17, 15) is 0 Å². The van der Waals surface area contributed by atoms with Crippen LogP contribution in [0.5, 0.6) is 0 Å². The quantitative estimate of drug-likeness (QED) is 0.682. The summed E-state index contributed by atoms with van der Waals surface area (Å²) in [5.74, 6) is 0. The summed E-state index contributed by atoms with van der Waals surface area (Å²) in [6.07, 6.45) is 3.59. The summed E-state index contributed by atoms with van der Waals surface area (Å²) in [4.78, 5) is 4.14. The second-order valence-corrected chi connectivity index (χ2v) is 5.07. The molecule has 1 heterocycles. The standard InChI is InChI=1S/C17H17N3/c1-11-3-5-16(12(2)9-11)20-17-6-4-15(18)14-10-19-8-7-13(14)17/h3-10,20H,18H2,1-2H3. The minimum absolute atomic E-state index is 0.749. The van der Waals surface area contributed by atoms with Crippen molar-refractivity contribution in [3.8, 4) is 0 Å². The maximum absolute atomic E-state index is 6.00. The van der Waals surface area contributed by atoms with Gasteiger partial charge in [-0.3, -0.25) is 4.98 Å². The zero-order valence-electron chi connectivity index (χ0n) is 11.6. The van der Waals surface area contributed by atoms with Crippen LogP contribution in [-0.4, -0.2) is 4.98 Å². The second-order valence-electron chi connectivity index (χ2n) is 5.07. The number of pyridine rings is 1. The molecule has 20 heavy (non-hydrogen) atoms. The van der Waals surface area contributed by atoms with Crippen LogP contribution in [0.15, 0.2) is 48.8 Å². The van der Waals surface area contributed by atoms with Crippen molar-refractivity contribution in [1.29, 1.82) is 0 Å². The lowest BCUT2D eigenvalue weighted by atomic mass is 10.1. The SMILES string of the molecule is Cc1ccc(Nc2ccc(N)c3cnccc23)c(C)c1. The molecule has 1 aromatic heterocycles. The van der Waals surface area contributed by atoms with E-state index in [1.165, 1.54) is 11.1 Å². The highest BCUT2D eigenvalue weighted by molar-refractivity contribution is 6.01. The molecule has 0 amide bonds. The third-order valence-electron chi connectivity index (χ3n) is 3.50. The van der Waals surface area contributed by atoms with Crippen LogP contribution in [0, 0.1) is 13.8 Å². The largest absolute Gasteiger partial charge is 0.398 e. The van der Waals surface area contributed by atoms with Gasteiger partial charge in [0.05, 0.1) is 0 Å². The van der Waals surface area contributed by atoms with Crippen LogP contribution in [-0.2, 0) is 0 Å². The molecular formula is C17H17N3. The average molecular weight is 263 g/mol. The first kappa shape index (κ1) is 12.5. The van der Waals surface area contributed by atoms with E-state index < -0.39 is 0 Å². The molecule has 2 aromatic carbocycles. The summed E-state index contributed by atoms with van der Waals surface area (Å²) in [6.45, 7) is 4.21. The highest BCUT2D eigenvalue weighted by Crippen LogP contribution is 2.30. The lowest BCUT2D eigenvalue weighted by Crippen LogP contribution is -1.96. The number of nitrogens with one attached hydrogen (secondary N) is 1. The first-order valence-corrected chi connectivity index (χ1v) is 6.61. The summed E-state index contributed by atoms with van der Waals surface area (Å²) < 4.78 is 0. The highest BCUT2D eigenvalue weighted by atomic mass is 14.9. The Morgan fingerprint density at radius 2 is 1.75 bits per heavy atom. The summed E-state index contributed by atoms with van der Waals surface area (Å²) in [7, 11) is 0. The lowest BCUT2D eigenvalue weighted by molar-refractivity contribution is 1.36. The van der Waals surface area contributed by atoms with Gasteiger partial charge in [0.2, 0.25) is 0 Å². The average Bonchev–Trinajstić information content (AvgIpc) is 2.45. The fourth-order valence-corrected chi connectivity index (χ4v) is 2.42. The van der Waals surface area contributed by atoms with E-state index in [-0.39, 0.29) is 0 Å². The third kappa shape index (κ3) is 2.18. The molecule has 0 saturated carbocycles. The molecule has 3 N–H and O–H groups in total. The van der Waals surface area contributed by atoms with Crippen LogP contribution in [0.2, 0.25) is 0 Å². The number of aryl methyl sites for hydroxylation is 2. The van der Waals surface area contributed by atoms with E-state index in [0.717, 1.165) is 27.8 Å². The number of benzene rings is 2. The summed E-state index contributed by atoms with van der Waals surface area (Å²) in [5.41, 5.74) is 11.4. The number of rotatable bonds is 2. The lowest BCUT2D eigenvalue weighted by Gasteiger charge is -2.13. The fourth-order valence-electron chi connectivity index (χ4n) is 2.42. The Bertz CT molecular complexity index is 778. The molecular weight excluding hydrogens is 246 g/mol. The van der Waals surface area contributed by atoms with Crippen molar-refractivity contribution >= 4 is 27.8 Å². The van der Waals surface area contributed by atoms with Crippen LogP contribution >= 0.6 is 0 Å². The smallest absolute Gasteiger partial charge is 0.0466 e. The number of hydrogen-bond acceptors (Lipinski definition) is 3. The van der Waals surface area contributed by atoms with Gasteiger partial charge >= 0.3 is 0 Å². The predicted octanol–water partition coefficient (Wildman–Crippen LogP) is 4.18. The first-order chi connectivity index (χ1) is 9.65. The minimum Gasteiger partial charge on any atom is -0.398 e. The van der Waals surface area contributed by atoms with Crippen LogP contribution in [0.3, 0.4) is 0 Å². The van der Waals surface area contributed by atoms with Crippen molar-refractivity contribution in [2.45, 2.75) is 13.8 Å². The molecule has 0 bridgehead atoms. The Morgan fingerprint density at radius 1 is 0.950 bits per heavy atom. The number of nitrogens with two attached hydrogens (primary N) is 1. The topological polar surface area (TPSA) is 50.9 Å². The number of hydrogen-bond donors (Lipinski definition) is 2. The van der Waals surface area contributed by atoms with E-state index in [2.05, 4.69) is 42.3 Å². The van der Waals surface area contributed by atoms with E-state index in [1.54, 1.807) is 12.4 Å². The van der Waals surface area contributed by atoms with Crippen molar-refractivity contribution in [2.75, 3.05) is 11.1 Å². The first-order valence-electron chi connectivity index (χ1n) is 6.61. The van der Waals surface area contributed by atoms with E-state index >= 15 is 0 Å². The summed E-state index contributed by atoms with van der Waals surface area (Å²) in [6, 6.07) is 12.3. The molecule has 3 nitrogen and oxygen atoms in total. The van der Waals surface area contributed by atoms with Crippen molar-refractivity contribution < 1.29 is 0 Å². The molecule has 0 saturated heterocycles. The molecule has 100 valence electrons. The monoisotopic (exact) mass is 263 g/mol. The molecule has 0 aliphatic carbocycles. The Labute approximate surface area is 118 Å². The van der Waals surface area contributed by atoms with Crippen LogP contribution in [0.1, 0.15) is 11.1 Å². The highest BCUT2D eigenvalue weighted by Gasteiger charge is 2.05. The normalized spacial score (nSPS) is 10.7. The predicted molar refractivity (Wildman–Crippen MR) is 85.4 cm³/mol. The van der Waals surface area contributed by atoms with Crippen molar-refractivity contribution in [3.05, 3.63) is 59.9 Å². The molecule has 0 atom stereocenters. The maximum atomic E-state index is 6.00. The molecule has 0 fully saturated rings. The molecule has 0 spiro atoms. The van der Waals surface area contributed by atoms with Gasteiger partial charge in [0.25, 0.3) is 0 Å². The number of aromatic nitrogens is 1. The Hall–Kier alpha value is -2.55. The molecule has 0 unspecified atom stereocenters. The van der Waals surface area contributed by atoms with Crippen molar-refractivity contribution in [2.24, 2.45) is 0 Å². The molecule has 3 heteroatoms. The van der Waals surface area contributed by atoms with Gasteiger partial charge in [0.1, 0.15) is 0 Å². The van der Waals surface area contributed by atoms with E-state index in [0.29, 0.717) is 0 Å². The van der Waals surface area contributed by atoms with Crippen molar-refractivity contribution in [3.63, 3.8) is 0 Å². The van der Waals surface area contributed by atoms with E-state index in [4.69, 9.17) is 5.73 Å². The molecule has 0 aliphatic rings. The molecule has 3 rings (SSSR count). The van der Waals surface area contributed by atoms with Gasteiger partial charge in [-0.1, -0.05) is 17.7 Å². The molecule has 3 aromatic rings. The number of fused-ring (bicyclic) bond motifs is 1. The molecule has 0 aliphatic heterocycles. The Morgan fingerprint density at radius 3 is 2.55 bits per heavy atom. The van der Waals surface area contributed by atoms with Gasteiger partial charge in [-0.2, -0.15) is 0 Å². The summed E-state index contributed by atoms with van der Waals surface area (Å²) in [5, 5.41) is 5.54. The summed E-state index contributed by atoms with van der Waals surface area (Å²) >= 11 is 0. The van der Waals surface area contributed by atoms with Crippen LogP contribution < -0.4 is 11.1 Å². The number of nitrogens with zero attached hydrogens (tertiary/aromatic N) is 1. The van der Waals surface area contributed by atoms with Gasteiger partial charge in [0, 0.05) is 40.2 Å².